The highest BCUT2D eigenvalue weighted by molar-refractivity contribution is 6.03. The Morgan fingerprint density at radius 3 is 2.41 bits per heavy atom. The standard InChI is InChI=1S/C20H20N2O5/c1-2-27-17-9-7-16(8-10-17)22-12-14(11-18(22)23)19(24)21-15-5-3-13(4-6-15)20(25)26/h3-10,14H,2,11-12H2,1H3,(H,21,24)(H,25,26)/t14-/m0/s1. The van der Waals surface area contributed by atoms with Gasteiger partial charge in [0.05, 0.1) is 18.1 Å². The molecule has 1 saturated heterocycles. The lowest BCUT2D eigenvalue weighted by atomic mass is 10.1. The number of nitrogens with zero attached hydrogens (tertiary/aromatic N) is 1. The van der Waals surface area contributed by atoms with Gasteiger partial charge in [0.1, 0.15) is 5.75 Å². The summed E-state index contributed by atoms with van der Waals surface area (Å²) in [5.41, 5.74) is 1.37. The predicted octanol–water partition coefficient (Wildman–Crippen LogP) is 2.78. The molecule has 1 heterocycles. The molecular formula is C20H20N2O5. The molecule has 0 saturated carbocycles. The first kappa shape index (κ1) is 18.4. The molecule has 2 aromatic carbocycles. The van der Waals surface area contributed by atoms with Gasteiger partial charge in [-0.1, -0.05) is 0 Å². The zero-order valence-electron chi connectivity index (χ0n) is 14.8. The fourth-order valence-electron chi connectivity index (χ4n) is 2.96. The van der Waals surface area contributed by atoms with Crippen molar-refractivity contribution in [2.75, 3.05) is 23.4 Å². The van der Waals surface area contributed by atoms with Gasteiger partial charge in [-0.3, -0.25) is 9.59 Å². The van der Waals surface area contributed by atoms with Crippen molar-refractivity contribution in [3.8, 4) is 5.75 Å². The molecule has 1 atom stereocenters. The summed E-state index contributed by atoms with van der Waals surface area (Å²) in [6, 6.07) is 13.1. The van der Waals surface area contributed by atoms with Crippen LogP contribution in [-0.4, -0.2) is 36.0 Å². The number of hydrogen-bond donors (Lipinski definition) is 2. The van der Waals surface area contributed by atoms with Gasteiger partial charge in [0.2, 0.25) is 11.8 Å². The van der Waals surface area contributed by atoms with Crippen LogP contribution < -0.4 is 15.0 Å². The van der Waals surface area contributed by atoms with E-state index in [1.165, 1.54) is 24.3 Å². The molecule has 2 N–H and O–H groups in total. The maximum absolute atomic E-state index is 12.5. The van der Waals surface area contributed by atoms with Gasteiger partial charge < -0.3 is 20.1 Å². The van der Waals surface area contributed by atoms with E-state index in [0.29, 0.717) is 18.8 Å². The zero-order valence-corrected chi connectivity index (χ0v) is 14.8. The van der Waals surface area contributed by atoms with Crippen LogP contribution in [0.25, 0.3) is 0 Å². The topological polar surface area (TPSA) is 95.9 Å². The molecule has 7 heteroatoms. The zero-order chi connectivity index (χ0) is 19.4. The fraction of sp³-hybridized carbons (Fsp3) is 0.250. The third kappa shape index (κ3) is 4.25. The van der Waals surface area contributed by atoms with Crippen molar-refractivity contribution in [1.29, 1.82) is 0 Å². The number of ether oxygens (including phenoxy) is 1. The largest absolute Gasteiger partial charge is 0.494 e. The SMILES string of the molecule is CCOc1ccc(N2C[C@@H](C(=O)Nc3ccc(C(=O)O)cc3)CC2=O)cc1. The lowest BCUT2D eigenvalue weighted by Gasteiger charge is -2.17. The molecule has 27 heavy (non-hydrogen) atoms. The highest BCUT2D eigenvalue weighted by Gasteiger charge is 2.35. The number of carbonyl (C=O) groups excluding carboxylic acids is 2. The summed E-state index contributed by atoms with van der Waals surface area (Å²) in [6.07, 6.45) is 0.131. The number of hydrogen-bond acceptors (Lipinski definition) is 4. The summed E-state index contributed by atoms with van der Waals surface area (Å²) >= 11 is 0. The van der Waals surface area contributed by atoms with Gasteiger partial charge >= 0.3 is 5.97 Å². The van der Waals surface area contributed by atoms with E-state index in [4.69, 9.17) is 9.84 Å². The van der Waals surface area contributed by atoms with E-state index < -0.39 is 11.9 Å². The van der Waals surface area contributed by atoms with Gasteiger partial charge in [0, 0.05) is 24.3 Å². The Balaban J connectivity index is 1.63. The van der Waals surface area contributed by atoms with Crippen LogP contribution in [0.2, 0.25) is 0 Å². The van der Waals surface area contributed by atoms with E-state index in [9.17, 15) is 14.4 Å². The molecule has 1 aliphatic heterocycles. The van der Waals surface area contributed by atoms with Crippen molar-refractivity contribution in [3.05, 3.63) is 54.1 Å². The van der Waals surface area contributed by atoms with Gasteiger partial charge in [-0.2, -0.15) is 0 Å². The van der Waals surface area contributed by atoms with E-state index in [0.717, 1.165) is 11.4 Å². The molecule has 140 valence electrons. The van der Waals surface area contributed by atoms with Crippen LogP contribution in [0.15, 0.2) is 48.5 Å². The predicted molar refractivity (Wildman–Crippen MR) is 100 cm³/mol. The van der Waals surface area contributed by atoms with Gasteiger partial charge in [0.15, 0.2) is 0 Å². The summed E-state index contributed by atoms with van der Waals surface area (Å²) in [5, 5.41) is 11.6. The molecular weight excluding hydrogens is 348 g/mol. The third-order valence-electron chi connectivity index (χ3n) is 4.35. The lowest BCUT2D eigenvalue weighted by molar-refractivity contribution is -0.122. The highest BCUT2D eigenvalue weighted by atomic mass is 16.5. The smallest absolute Gasteiger partial charge is 0.335 e. The van der Waals surface area contributed by atoms with Crippen molar-refractivity contribution in [2.45, 2.75) is 13.3 Å². The number of benzene rings is 2. The Morgan fingerprint density at radius 1 is 1.15 bits per heavy atom. The number of amides is 2. The summed E-state index contributed by atoms with van der Waals surface area (Å²) < 4.78 is 5.39. The highest BCUT2D eigenvalue weighted by Crippen LogP contribution is 2.27. The average Bonchev–Trinajstić information content (AvgIpc) is 3.05. The van der Waals surface area contributed by atoms with Crippen LogP contribution in [0.5, 0.6) is 5.75 Å². The number of nitrogens with one attached hydrogen (secondary N) is 1. The molecule has 0 radical (unpaired) electrons. The molecule has 2 aromatic rings. The van der Waals surface area contributed by atoms with Crippen molar-refractivity contribution in [2.24, 2.45) is 5.92 Å². The number of carboxylic acids is 1. The van der Waals surface area contributed by atoms with Crippen molar-refractivity contribution < 1.29 is 24.2 Å². The molecule has 0 spiro atoms. The quantitative estimate of drug-likeness (QED) is 0.817. The minimum absolute atomic E-state index is 0.111. The van der Waals surface area contributed by atoms with E-state index >= 15 is 0 Å². The summed E-state index contributed by atoms with van der Waals surface area (Å²) in [4.78, 5) is 37.3. The molecule has 3 rings (SSSR count). The van der Waals surface area contributed by atoms with Gasteiger partial charge in [-0.15, -0.1) is 0 Å². The summed E-state index contributed by atoms with van der Waals surface area (Å²) in [6.45, 7) is 2.76. The summed E-state index contributed by atoms with van der Waals surface area (Å²) in [7, 11) is 0. The number of carbonyl (C=O) groups is 3. The number of rotatable bonds is 6. The second kappa shape index (κ2) is 7.90. The minimum atomic E-state index is -1.03. The second-order valence-corrected chi connectivity index (χ2v) is 6.20. The maximum atomic E-state index is 12.5. The first-order valence-corrected chi connectivity index (χ1v) is 8.65. The van der Waals surface area contributed by atoms with E-state index in [1.54, 1.807) is 29.2 Å². The molecule has 7 nitrogen and oxygen atoms in total. The Labute approximate surface area is 156 Å². The average molecular weight is 368 g/mol. The molecule has 0 aliphatic carbocycles. The van der Waals surface area contributed by atoms with E-state index in [2.05, 4.69) is 5.32 Å². The first-order chi connectivity index (χ1) is 13.0. The number of anilines is 2. The Morgan fingerprint density at radius 2 is 1.81 bits per heavy atom. The Kier molecular flexibility index (Phi) is 5.40. The lowest BCUT2D eigenvalue weighted by Crippen LogP contribution is -2.28. The van der Waals surface area contributed by atoms with Crippen LogP contribution in [0.1, 0.15) is 23.7 Å². The van der Waals surface area contributed by atoms with Gasteiger partial charge in [0.25, 0.3) is 0 Å². The van der Waals surface area contributed by atoms with Gasteiger partial charge in [-0.05, 0) is 55.5 Å². The molecule has 1 aliphatic rings. The second-order valence-electron chi connectivity index (χ2n) is 6.20. The fourth-order valence-corrected chi connectivity index (χ4v) is 2.96. The van der Waals surface area contributed by atoms with E-state index in [1.807, 2.05) is 6.92 Å². The molecule has 0 bridgehead atoms. The summed E-state index contributed by atoms with van der Waals surface area (Å²) in [5.74, 6) is -1.14. The van der Waals surface area contributed by atoms with Gasteiger partial charge in [-0.25, -0.2) is 4.79 Å². The van der Waals surface area contributed by atoms with Crippen molar-refractivity contribution in [1.82, 2.24) is 0 Å². The Hall–Kier alpha value is -3.35. The van der Waals surface area contributed by atoms with Crippen molar-refractivity contribution >= 4 is 29.2 Å². The van der Waals surface area contributed by atoms with Crippen LogP contribution in [0.4, 0.5) is 11.4 Å². The molecule has 2 amide bonds. The Bertz CT molecular complexity index is 846. The molecule has 0 unspecified atom stereocenters. The third-order valence-corrected chi connectivity index (χ3v) is 4.35. The first-order valence-electron chi connectivity index (χ1n) is 8.65. The van der Waals surface area contributed by atoms with Crippen LogP contribution in [-0.2, 0) is 9.59 Å². The minimum Gasteiger partial charge on any atom is -0.494 e. The molecule has 0 aromatic heterocycles. The monoisotopic (exact) mass is 368 g/mol. The van der Waals surface area contributed by atoms with Crippen molar-refractivity contribution in [3.63, 3.8) is 0 Å². The normalized spacial score (nSPS) is 16.3. The van der Waals surface area contributed by atoms with E-state index in [-0.39, 0.29) is 23.8 Å². The molecule has 1 fully saturated rings. The maximum Gasteiger partial charge on any atom is 0.335 e. The van der Waals surface area contributed by atoms with Crippen LogP contribution in [0.3, 0.4) is 0 Å². The van der Waals surface area contributed by atoms with Crippen LogP contribution in [0, 0.1) is 5.92 Å². The number of aromatic carboxylic acids is 1. The van der Waals surface area contributed by atoms with Crippen LogP contribution >= 0.6 is 0 Å². The number of carboxylic acid groups (broad SMARTS) is 1.